The molecule has 0 saturated carbocycles. The largest absolute Gasteiger partial charge is 0.484 e. The molecular weight excluding hydrogens is 338 g/mol. The Morgan fingerprint density at radius 3 is 2.62 bits per heavy atom. The molecule has 6 heteroatoms. The van der Waals surface area contributed by atoms with Crippen molar-refractivity contribution in [3.05, 3.63) is 28.7 Å². The maximum Gasteiger partial charge on any atom is 0.306 e. The van der Waals surface area contributed by atoms with E-state index in [1.807, 2.05) is 19.1 Å². The van der Waals surface area contributed by atoms with Crippen LogP contribution < -0.4 is 4.74 Å². The number of rotatable bonds is 4. The molecule has 114 valence electrons. The summed E-state index contributed by atoms with van der Waals surface area (Å²) in [5.74, 6) is -0.635. The van der Waals surface area contributed by atoms with Gasteiger partial charge in [-0.25, -0.2) is 0 Å². The van der Waals surface area contributed by atoms with Crippen molar-refractivity contribution >= 4 is 27.8 Å². The lowest BCUT2D eigenvalue weighted by Crippen LogP contribution is -2.46. The van der Waals surface area contributed by atoms with Gasteiger partial charge in [0.25, 0.3) is 5.91 Å². The fourth-order valence-electron chi connectivity index (χ4n) is 2.51. The van der Waals surface area contributed by atoms with Crippen LogP contribution in [0.3, 0.4) is 0 Å². The minimum Gasteiger partial charge on any atom is -0.484 e. The second-order valence-electron chi connectivity index (χ2n) is 5.29. The number of nitrogens with zero attached hydrogens (tertiary/aromatic N) is 1. The summed E-state index contributed by atoms with van der Waals surface area (Å²) in [4.78, 5) is 24.8. The van der Waals surface area contributed by atoms with Gasteiger partial charge in [0.15, 0.2) is 6.61 Å². The van der Waals surface area contributed by atoms with Crippen molar-refractivity contribution in [1.82, 2.24) is 4.90 Å². The van der Waals surface area contributed by atoms with Gasteiger partial charge in [-0.15, -0.1) is 0 Å². The van der Waals surface area contributed by atoms with Crippen molar-refractivity contribution < 1.29 is 19.4 Å². The van der Waals surface area contributed by atoms with E-state index in [2.05, 4.69) is 15.9 Å². The molecular formula is C15H18BrNO4. The molecule has 2 rings (SSSR count). The van der Waals surface area contributed by atoms with Crippen molar-refractivity contribution in [3.63, 3.8) is 0 Å². The quantitative estimate of drug-likeness (QED) is 0.900. The zero-order chi connectivity index (χ0) is 15.4. The van der Waals surface area contributed by atoms with Crippen LogP contribution in [0.4, 0.5) is 0 Å². The molecule has 0 radical (unpaired) electrons. The minimum absolute atomic E-state index is 0.0217. The summed E-state index contributed by atoms with van der Waals surface area (Å²) in [5, 5.41) is 9.08. The van der Waals surface area contributed by atoms with Crippen molar-refractivity contribution in [1.29, 1.82) is 0 Å². The zero-order valence-electron chi connectivity index (χ0n) is 11.8. The SMILES string of the molecule is CC1CN(C(=O)COc2ccc(Br)cc2)CCC1C(=O)O. The molecule has 0 aliphatic carbocycles. The van der Waals surface area contributed by atoms with Crippen LogP contribution in [-0.2, 0) is 9.59 Å². The number of hydrogen-bond donors (Lipinski definition) is 1. The predicted molar refractivity (Wildman–Crippen MR) is 81.1 cm³/mol. The number of halogens is 1. The third-order valence-corrected chi connectivity index (χ3v) is 4.28. The fourth-order valence-corrected chi connectivity index (χ4v) is 2.77. The number of hydrogen-bond acceptors (Lipinski definition) is 3. The second kappa shape index (κ2) is 6.93. The van der Waals surface area contributed by atoms with Gasteiger partial charge in [-0.1, -0.05) is 22.9 Å². The van der Waals surface area contributed by atoms with Crippen LogP contribution in [0.5, 0.6) is 5.75 Å². The molecule has 0 bridgehead atoms. The maximum absolute atomic E-state index is 12.1. The first kappa shape index (κ1) is 15.8. The molecule has 5 nitrogen and oxygen atoms in total. The van der Waals surface area contributed by atoms with Gasteiger partial charge in [0, 0.05) is 17.6 Å². The van der Waals surface area contributed by atoms with Gasteiger partial charge in [0.1, 0.15) is 5.75 Å². The third-order valence-electron chi connectivity index (χ3n) is 3.75. The van der Waals surface area contributed by atoms with Gasteiger partial charge in [-0.3, -0.25) is 9.59 Å². The summed E-state index contributed by atoms with van der Waals surface area (Å²) in [6.45, 7) is 2.79. The van der Waals surface area contributed by atoms with Gasteiger partial charge < -0.3 is 14.7 Å². The lowest BCUT2D eigenvalue weighted by molar-refractivity contribution is -0.148. The Morgan fingerprint density at radius 2 is 2.05 bits per heavy atom. The average Bonchev–Trinajstić information content (AvgIpc) is 2.45. The molecule has 1 aliphatic rings. The lowest BCUT2D eigenvalue weighted by Gasteiger charge is -2.34. The Labute approximate surface area is 132 Å². The Kier molecular flexibility index (Phi) is 5.22. The van der Waals surface area contributed by atoms with E-state index in [4.69, 9.17) is 9.84 Å². The van der Waals surface area contributed by atoms with Gasteiger partial charge in [-0.05, 0) is 36.6 Å². The number of aliphatic carboxylic acids is 1. The Hall–Kier alpha value is -1.56. The van der Waals surface area contributed by atoms with Gasteiger partial charge in [0.05, 0.1) is 5.92 Å². The molecule has 1 saturated heterocycles. The van der Waals surface area contributed by atoms with Crippen LogP contribution in [0.15, 0.2) is 28.7 Å². The number of likely N-dealkylation sites (tertiary alicyclic amines) is 1. The highest BCUT2D eigenvalue weighted by Crippen LogP contribution is 2.23. The Morgan fingerprint density at radius 1 is 1.38 bits per heavy atom. The molecule has 1 aromatic rings. The Balaban J connectivity index is 1.84. The van der Waals surface area contributed by atoms with E-state index in [-0.39, 0.29) is 24.3 Å². The van der Waals surface area contributed by atoms with Crippen LogP contribution in [0.2, 0.25) is 0 Å². The maximum atomic E-state index is 12.1. The van der Waals surface area contributed by atoms with Gasteiger partial charge >= 0.3 is 5.97 Å². The molecule has 1 aromatic carbocycles. The van der Waals surface area contributed by atoms with E-state index in [1.54, 1.807) is 17.0 Å². The number of piperidine rings is 1. The first-order valence-corrected chi connectivity index (χ1v) is 7.65. The van der Waals surface area contributed by atoms with Crippen LogP contribution in [0.25, 0.3) is 0 Å². The number of carboxylic acid groups (broad SMARTS) is 1. The molecule has 1 heterocycles. The molecule has 1 N–H and O–H groups in total. The van der Waals surface area contributed by atoms with E-state index in [9.17, 15) is 9.59 Å². The molecule has 2 unspecified atom stereocenters. The molecule has 1 aliphatic heterocycles. The summed E-state index contributed by atoms with van der Waals surface area (Å²) in [6.07, 6.45) is 0.501. The van der Waals surface area contributed by atoms with Crippen LogP contribution >= 0.6 is 15.9 Å². The topological polar surface area (TPSA) is 66.8 Å². The smallest absolute Gasteiger partial charge is 0.306 e. The molecule has 1 amide bonds. The number of ether oxygens (including phenoxy) is 1. The highest BCUT2D eigenvalue weighted by Gasteiger charge is 2.32. The third kappa shape index (κ3) is 4.20. The zero-order valence-corrected chi connectivity index (χ0v) is 13.4. The molecule has 21 heavy (non-hydrogen) atoms. The Bertz CT molecular complexity index is 517. The number of amides is 1. The number of carbonyl (C=O) groups is 2. The molecule has 2 atom stereocenters. The van der Waals surface area contributed by atoms with E-state index < -0.39 is 5.97 Å². The first-order valence-electron chi connectivity index (χ1n) is 6.86. The van der Waals surface area contributed by atoms with Crippen LogP contribution in [0.1, 0.15) is 13.3 Å². The minimum atomic E-state index is -0.777. The first-order chi connectivity index (χ1) is 9.97. The van der Waals surface area contributed by atoms with Crippen molar-refractivity contribution in [2.45, 2.75) is 13.3 Å². The molecule has 1 fully saturated rings. The number of carboxylic acids is 1. The van der Waals surface area contributed by atoms with E-state index >= 15 is 0 Å². The summed E-state index contributed by atoms with van der Waals surface area (Å²) >= 11 is 3.33. The predicted octanol–water partition coefficient (Wildman–Crippen LogP) is 2.40. The summed E-state index contributed by atoms with van der Waals surface area (Å²) in [5.41, 5.74) is 0. The van der Waals surface area contributed by atoms with Crippen LogP contribution in [-0.4, -0.2) is 41.6 Å². The second-order valence-corrected chi connectivity index (χ2v) is 6.21. The van der Waals surface area contributed by atoms with Crippen LogP contribution in [0, 0.1) is 11.8 Å². The fraction of sp³-hybridized carbons (Fsp3) is 0.467. The highest BCUT2D eigenvalue weighted by molar-refractivity contribution is 9.10. The summed E-state index contributed by atoms with van der Waals surface area (Å²) in [6, 6.07) is 7.27. The lowest BCUT2D eigenvalue weighted by atomic mass is 9.87. The summed E-state index contributed by atoms with van der Waals surface area (Å²) in [7, 11) is 0. The highest BCUT2D eigenvalue weighted by atomic mass is 79.9. The summed E-state index contributed by atoms with van der Waals surface area (Å²) < 4.78 is 6.41. The van der Waals surface area contributed by atoms with Gasteiger partial charge in [0.2, 0.25) is 0 Å². The normalized spacial score (nSPS) is 21.9. The van der Waals surface area contributed by atoms with Crippen molar-refractivity contribution in [3.8, 4) is 5.75 Å². The molecule has 0 spiro atoms. The monoisotopic (exact) mass is 355 g/mol. The van der Waals surface area contributed by atoms with E-state index in [0.29, 0.717) is 25.3 Å². The van der Waals surface area contributed by atoms with Crippen molar-refractivity contribution in [2.24, 2.45) is 11.8 Å². The van der Waals surface area contributed by atoms with Crippen molar-refractivity contribution in [2.75, 3.05) is 19.7 Å². The molecule has 0 aromatic heterocycles. The van der Waals surface area contributed by atoms with E-state index in [0.717, 1.165) is 4.47 Å². The van der Waals surface area contributed by atoms with Gasteiger partial charge in [-0.2, -0.15) is 0 Å². The van der Waals surface area contributed by atoms with E-state index in [1.165, 1.54) is 0 Å². The number of carbonyl (C=O) groups excluding carboxylic acids is 1. The average molecular weight is 356 g/mol. The standard InChI is InChI=1S/C15H18BrNO4/c1-10-8-17(7-6-13(10)15(19)20)14(18)9-21-12-4-2-11(16)3-5-12/h2-5,10,13H,6-9H2,1H3,(H,19,20). The number of benzene rings is 1.